The predicted molar refractivity (Wildman–Crippen MR) is 228 cm³/mol. The van der Waals surface area contributed by atoms with Crippen LogP contribution in [0.25, 0.3) is 89.4 Å². The van der Waals surface area contributed by atoms with Gasteiger partial charge in [-0.05, 0) is 90.7 Å². The van der Waals surface area contributed by atoms with Crippen LogP contribution in [0.5, 0.6) is 0 Å². The second kappa shape index (κ2) is 13.2. The molecule has 3 heteroatoms. The van der Waals surface area contributed by atoms with Crippen molar-refractivity contribution in [3.8, 4) is 78.7 Å². The highest BCUT2D eigenvalue weighted by atomic mass is 15.0. The van der Waals surface area contributed by atoms with Crippen LogP contribution in [0.2, 0.25) is 0 Å². The van der Waals surface area contributed by atoms with Crippen LogP contribution in [0.3, 0.4) is 0 Å². The fourth-order valence-corrected chi connectivity index (χ4v) is 8.24. The second-order valence-corrected chi connectivity index (χ2v) is 14.9. The van der Waals surface area contributed by atoms with Crippen molar-refractivity contribution in [2.45, 2.75) is 19.3 Å². The van der Waals surface area contributed by atoms with E-state index in [1.165, 1.54) is 38.8 Å². The third kappa shape index (κ3) is 5.82. The van der Waals surface area contributed by atoms with Gasteiger partial charge in [-0.25, -0.2) is 15.0 Å². The number of aromatic nitrogens is 3. The van der Waals surface area contributed by atoms with E-state index in [-0.39, 0.29) is 5.41 Å². The Labute approximate surface area is 321 Å². The van der Waals surface area contributed by atoms with Gasteiger partial charge >= 0.3 is 0 Å². The molecule has 0 spiro atoms. The molecule has 0 aliphatic heterocycles. The normalized spacial score (nSPS) is 12.7. The van der Waals surface area contributed by atoms with Crippen LogP contribution in [0.15, 0.2) is 188 Å². The molecule has 0 unspecified atom stereocenters. The van der Waals surface area contributed by atoms with Crippen LogP contribution >= 0.6 is 0 Å². The highest BCUT2D eigenvalue weighted by Crippen LogP contribution is 2.50. The Balaban J connectivity index is 1.12. The highest BCUT2D eigenvalue weighted by Gasteiger charge is 2.35. The first-order chi connectivity index (χ1) is 27.0. The van der Waals surface area contributed by atoms with Gasteiger partial charge in [-0.1, -0.05) is 178 Å². The summed E-state index contributed by atoms with van der Waals surface area (Å²) in [5, 5.41) is 2.33. The summed E-state index contributed by atoms with van der Waals surface area (Å²) in [6, 6.07) is 66.8. The number of rotatable bonds is 6. The Morgan fingerprint density at radius 3 is 1.42 bits per heavy atom. The minimum Gasteiger partial charge on any atom is -0.208 e. The molecule has 55 heavy (non-hydrogen) atoms. The van der Waals surface area contributed by atoms with Crippen molar-refractivity contribution in [1.29, 1.82) is 0 Å². The van der Waals surface area contributed by atoms with Gasteiger partial charge in [-0.15, -0.1) is 0 Å². The van der Waals surface area contributed by atoms with E-state index in [1.807, 2.05) is 12.1 Å². The minimum absolute atomic E-state index is 0.0784. The first-order valence-electron chi connectivity index (χ1n) is 18.9. The van der Waals surface area contributed by atoms with E-state index < -0.39 is 0 Å². The van der Waals surface area contributed by atoms with E-state index >= 15 is 0 Å². The lowest BCUT2D eigenvalue weighted by atomic mass is 9.81. The number of nitrogens with zero attached hydrogens (tertiary/aromatic N) is 3. The maximum atomic E-state index is 5.19. The summed E-state index contributed by atoms with van der Waals surface area (Å²) in [5.74, 6) is 1.91. The summed E-state index contributed by atoms with van der Waals surface area (Å²) >= 11 is 0. The van der Waals surface area contributed by atoms with Crippen molar-refractivity contribution in [1.82, 2.24) is 15.0 Å². The van der Waals surface area contributed by atoms with Crippen LogP contribution < -0.4 is 0 Å². The van der Waals surface area contributed by atoms with E-state index in [0.29, 0.717) is 17.5 Å². The van der Waals surface area contributed by atoms with Gasteiger partial charge in [0.05, 0.1) is 0 Å². The summed E-state index contributed by atoms with van der Waals surface area (Å²) in [4.78, 5) is 15.5. The minimum atomic E-state index is -0.0784. The molecule has 260 valence electrons. The number of hydrogen-bond acceptors (Lipinski definition) is 3. The Bertz CT molecular complexity index is 2790. The molecule has 1 aliphatic carbocycles. The summed E-state index contributed by atoms with van der Waals surface area (Å²) in [6.45, 7) is 4.67. The molecule has 3 nitrogen and oxygen atoms in total. The van der Waals surface area contributed by atoms with Crippen molar-refractivity contribution < 1.29 is 0 Å². The second-order valence-electron chi connectivity index (χ2n) is 14.9. The van der Waals surface area contributed by atoms with E-state index in [0.717, 1.165) is 44.3 Å². The quantitative estimate of drug-likeness (QED) is 0.173. The maximum absolute atomic E-state index is 5.19. The molecule has 0 atom stereocenters. The van der Waals surface area contributed by atoms with Gasteiger partial charge in [-0.3, -0.25) is 0 Å². The first-order valence-corrected chi connectivity index (χ1v) is 18.9. The lowest BCUT2D eigenvalue weighted by molar-refractivity contribution is 0.660. The molecule has 0 fully saturated rings. The maximum Gasteiger partial charge on any atom is 0.164 e. The first kappa shape index (κ1) is 32.7. The van der Waals surface area contributed by atoms with E-state index in [1.54, 1.807) is 0 Å². The van der Waals surface area contributed by atoms with Gasteiger partial charge in [0, 0.05) is 22.1 Å². The lowest BCUT2D eigenvalue weighted by Gasteiger charge is -2.22. The van der Waals surface area contributed by atoms with Gasteiger partial charge in [0.1, 0.15) is 0 Å². The number of benzene rings is 8. The molecule has 0 N–H and O–H groups in total. The molecule has 10 rings (SSSR count). The van der Waals surface area contributed by atoms with Crippen LogP contribution in [0, 0.1) is 0 Å². The zero-order valence-corrected chi connectivity index (χ0v) is 30.7. The molecule has 9 aromatic rings. The summed E-state index contributed by atoms with van der Waals surface area (Å²) in [5.41, 5.74) is 15.1. The topological polar surface area (TPSA) is 38.7 Å². The summed E-state index contributed by atoms with van der Waals surface area (Å²) in [6.07, 6.45) is 0. The standard InChI is InChI=1S/C52H37N3/c1-52(2)47-25-10-9-23-44(47)45-29-28-39(33-48(45)52)43-24-13-18-36-26-27-42(32-46(36)43)51-54-49(40-21-11-19-37(30-40)34-14-5-3-6-15-34)53-50(55-51)41-22-12-20-38(31-41)35-16-7-4-8-17-35/h3-33H,1-2H3. The molecule has 0 saturated carbocycles. The molecule has 0 bridgehead atoms. The Morgan fingerprint density at radius 2 is 0.782 bits per heavy atom. The average Bonchev–Trinajstić information content (AvgIpc) is 3.49. The molecule has 0 amide bonds. The third-order valence-electron chi connectivity index (χ3n) is 11.1. The van der Waals surface area contributed by atoms with Crippen molar-refractivity contribution in [2.75, 3.05) is 0 Å². The van der Waals surface area contributed by atoms with Crippen molar-refractivity contribution in [2.24, 2.45) is 0 Å². The molecule has 0 saturated heterocycles. The molecule has 8 aromatic carbocycles. The van der Waals surface area contributed by atoms with Crippen molar-refractivity contribution >= 4 is 10.8 Å². The smallest absolute Gasteiger partial charge is 0.164 e. The zero-order valence-electron chi connectivity index (χ0n) is 30.7. The zero-order chi connectivity index (χ0) is 36.9. The van der Waals surface area contributed by atoms with E-state index in [4.69, 9.17) is 15.0 Å². The van der Waals surface area contributed by atoms with Crippen LogP contribution in [0.4, 0.5) is 0 Å². The molecule has 1 heterocycles. The van der Waals surface area contributed by atoms with Gasteiger partial charge in [0.15, 0.2) is 17.5 Å². The van der Waals surface area contributed by atoms with Crippen molar-refractivity contribution in [3.63, 3.8) is 0 Å². The Morgan fingerprint density at radius 1 is 0.309 bits per heavy atom. The number of fused-ring (bicyclic) bond motifs is 4. The fraction of sp³-hybridized carbons (Fsp3) is 0.0577. The monoisotopic (exact) mass is 703 g/mol. The molecular weight excluding hydrogens is 667 g/mol. The fourth-order valence-electron chi connectivity index (χ4n) is 8.24. The van der Waals surface area contributed by atoms with Gasteiger partial charge in [-0.2, -0.15) is 0 Å². The lowest BCUT2D eigenvalue weighted by Crippen LogP contribution is -2.14. The molecule has 1 aliphatic rings. The highest BCUT2D eigenvalue weighted by molar-refractivity contribution is 5.99. The predicted octanol–water partition coefficient (Wildman–Crippen LogP) is 13.3. The van der Waals surface area contributed by atoms with Gasteiger partial charge < -0.3 is 0 Å². The molecular formula is C52H37N3. The summed E-state index contributed by atoms with van der Waals surface area (Å²) in [7, 11) is 0. The van der Waals surface area contributed by atoms with E-state index in [9.17, 15) is 0 Å². The average molecular weight is 704 g/mol. The van der Waals surface area contributed by atoms with Crippen LogP contribution in [-0.2, 0) is 5.41 Å². The third-order valence-corrected chi connectivity index (χ3v) is 11.1. The largest absolute Gasteiger partial charge is 0.208 e. The summed E-state index contributed by atoms with van der Waals surface area (Å²) < 4.78 is 0. The molecule has 0 radical (unpaired) electrons. The van der Waals surface area contributed by atoms with Gasteiger partial charge in [0.25, 0.3) is 0 Å². The Hall–Kier alpha value is -6.97. The van der Waals surface area contributed by atoms with Crippen molar-refractivity contribution in [3.05, 3.63) is 199 Å². The SMILES string of the molecule is CC1(C)c2ccccc2-c2ccc(-c3cccc4ccc(-c5nc(-c6cccc(-c7ccccc7)c6)nc(-c6cccc(-c7ccccc7)c6)n5)cc34)cc21. The van der Waals surface area contributed by atoms with E-state index in [2.05, 4.69) is 190 Å². The van der Waals surface area contributed by atoms with Crippen LogP contribution in [0.1, 0.15) is 25.0 Å². The number of hydrogen-bond donors (Lipinski definition) is 0. The van der Waals surface area contributed by atoms with Gasteiger partial charge in [0.2, 0.25) is 0 Å². The molecule has 1 aromatic heterocycles. The van der Waals surface area contributed by atoms with Crippen LogP contribution in [-0.4, -0.2) is 15.0 Å². The Kier molecular flexibility index (Phi) is 7.81.